The van der Waals surface area contributed by atoms with Crippen molar-refractivity contribution in [2.45, 2.75) is 20.3 Å². The van der Waals surface area contributed by atoms with E-state index < -0.39 is 0 Å². The maximum atomic E-state index is 11.4. The van der Waals surface area contributed by atoms with E-state index in [4.69, 9.17) is 9.73 Å². The van der Waals surface area contributed by atoms with Crippen LogP contribution in [0.15, 0.2) is 4.99 Å². The van der Waals surface area contributed by atoms with Crippen LogP contribution in [0, 0.1) is 5.92 Å². The molecule has 1 unspecified atom stereocenters. The van der Waals surface area contributed by atoms with Gasteiger partial charge in [0.15, 0.2) is 5.96 Å². The molecular weight excluding hydrogens is 433 g/mol. The average molecular weight is 467 g/mol. The van der Waals surface area contributed by atoms with E-state index in [1.54, 1.807) is 14.0 Å². The third kappa shape index (κ3) is 7.26. The molecule has 0 aromatic heterocycles. The van der Waals surface area contributed by atoms with Crippen LogP contribution in [0.4, 0.5) is 0 Å². The van der Waals surface area contributed by atoms with Crippen molar-refractivity contribution < 1.29 is 9.53 Å². The van der Waals surface area contributed by atoms with Gasteiger partial charge in [-0.15, -0.1) is 24.0 Å². The number of hydrogen-bond acceptors (Lipinski definition) is 4. The second-order valence-electron chi connectivity index (χ2n) is 6.64. The number of ether oxygens (including phenoxy) is 1. The molecule has 146 valence electrons. The minimum Gasteiger partial charge on any atom is -0.384 e. The van der Waals surface area contributed by atoms with E-state index in [0.29, 0.717) is 5.92 Å². The van der Waals surface area contributed by atoms with Gasteiger partial charge in [-0.25, -0.2) is 0 Å². The van der Waals surface area contributed by atoms with Gasteiger partial charge in [-0.2, -0.15) is 0 Å². The number of amides is 1. The monoisotopic (exact) mass is 467 g/mol. The summed E-state index contributed by atoms with van der Waals surface area (Å²) in [6, 6.07) is 0. The summed E-state index contributed by atoms with van der Waals surface area (Å²) >= 11 is 0. The van der Waals surface area contributed by atoms with Crippen LogP contribution in [0.25, 0.3) is 0 Å². The molecule has 8 heteroatoms. The van der Waals surface area contributed by atoms with Gasteiger partial charge in [0.05, 0.1) is 13.2 Å². The van der Waals surface area contributed by atoms with Crippen molar-refractivity contribution in [1.82, 2.24) is 20.0 Å². The van der Waals surface area contributed by atoms with Crippen LogP contribution in [0.2, 0.25) is 0 Å². The van der Waals surface area contributed by atoms with E-state index in [1.165, 1.54) is 6.42 Å². The number of nitrogens with zero attached hydrogens (tertiary/aromatic N) is 4. The zero-order valence-electron chi connectivity index (χ0n) is 15.9. The number of hydrogen-bond donors (Lipinski definition) is 1. The fourth-order valence-corrected chi connectivity index (χ4v) is 3.41. The van der Waals surface area contributed by atoms with Crippen LogP contribution in [0.1, 0.15) is 20.3 Å². The molecule has 2 heterocycles. The molecule has 2 aliphatic heterocycles. The van der Waals surface area contributed by atoms with Crippen molar-refractivity contribution in [3.8, 4) is 0 Å². The van der Waals surface area contributed by atoms with Crippen molar-refractivity contribution in [2.24, 2.45) is 10.9 Å². The van der Waals surface area contributed by atoms with Gasteiger partial charge in [0.2, 0.25) is 5.91 Å². The van der Waals surface area contributed by atoms with Crippen LogP contribution < -0.4 is 5.32 Å². The van der Waals surface area contributed by atoms with E-state index in [2.05, 4.69) is 22.0 Å². The first kappa shape index (κ1) is 22.4. The fourth-order valence-electron chi connectivity index (χ4n) is 3.41. The second-order valence-corrected chi connectivity index (χ2v) is 6.64. The van der Waals surface area contributed by atoms with E-state index in [9.17, 15) is 4.79 Å². The van der Waals surface area contributed by atoms with Crippen molar-refractivity contribution in [2.75, 3.05) is 72.6 Å². The Morgan fingerprint density at radius 1 is 1.20 bits per heavy atom. The molecule has 0 radical (unpaired) electrons. The summed E-state index contributed by atoms with van der Waals surface area (Å²) in [7, 11) is 1.77. The molecule has 25 heavy (non-hydrogen) atoms. The maximum Gasteiger partial charge on any atom is 0.219 e. The molecule has 0 aromatic carbocycles. The highest BCUT2D eigenvalue weighted by atomic mass is 127. The van der Waals surface area contributed by atoms with Crippen LogP contribution in [0.5, 0.6) is 0 Å². The zero-order valence-corrected chi connectivity index (χ0v) is 18.2. The summed E-state index contributed by atoms with van der Waals surface area (Å²) in [4.78, 5) is 22.8. The number of carbonyl (C=O) groups excluding carboxylic acids is 1. The topological polar surface area (TPSA) is 60.4 Å². The molecule has 0 saturated carbocycles. The Balaban J connectivity index is 0.00000312. The van der Waals surface area contributed by atoms with Crippen molar-refractivity contribution in [3.63, 3.8) is 0 Å². The van der Waals surface area contributed by atoms with Crippen molar-refractivity contribution in [3.05, 3.63) is 0 Å². The number of rotatable bonds is 6. The van der Waals surface area contributed by atoms with Gasteiger partial charge in [-0.3, -0.25) is 14.7 Å². The van der Waals surface area contributed by atoms with Crippen LogP contribution in [0.3, 0.4) is 0 Å². The van der Waals surface area contributed by atoms with Gasteiger partial charge in [-0.05, 0) is 13.3 Å². The lowest BCUT2D eigenvalue weighted by atomic mass is 10.1. The highest BCUT2D eigenvalue weighted by molar-refractivity contribution is 14.0. The molecular formula is C17H34IN5O2. The van der Waals surface area contributed by atoms with Gasteiger partial charge >= 0.3 is 0 Å². The summed E-state index contributed by atoms with van der Waals surface area (Å²) in [6.07, 6.45) is 1.17. The number of likely N-dealkylation sites (tertiary alicyclic amines) is 1. The molecule has 1 atom stereocenters. The Morgan fingerprint density at radius 3 is 2.52 bits per heavy atom. The molecule has 2 fully saturated rings. The number of methoxy groups -OCH3 is 1. The number of halogens is 1. The number of nitrogens with one attached hydrogen (secondary N) is 1. The predicted molar refractivity (Wildman–Crippen MR) is 112 cm³/mol. The normalized spacial score (nSPS) is 22.0. The predicted octanol–water partition coefficient (Wildman–Crippen LogP) is 0.702. The van der Waals surface area contributed by atoms with E-state index in [-0.39, 0.29) is 29.9 Å². The van der Waals surface area contributed by atoms with E-state index in [1.807, 2.05) is 4.90 Å². The zero-order chi connectivity index (χ0) is 17.4. The first-order chi connectivity index (χ1) is 11.6. The molecule has 7 nitrogen and oxygen atoms in total. The van der Waals surface area contributed by atoms with E-state index >= 15 is 0 Å². The Bertz CT molecular complexity index is 427. The van der Waals surface area contributed by atoms with Gasteiger partial charge in [0, 0.05) is 72.3 Å². The van der Waals surface area contributed by atoms with Crippen LogP contribution in [-0.4, -0.2) is 99.2 Å². The number of aliphatic imine (C=N–C) groups is 1. The number of piperazine rings is 1. The fraction of sp³-hybridized carbons (Fsp3) is 0.882. The molecule has 1 amide bonds. The lowest BCUT2D eigenvalue weighted by Gasteiger charge is -2.33. The van der Waals surface area contributed by atoms with Gasteiger partial charge in [0.1, 0.15) is 0 Å². The molecule has 2 aliphatic rings. The van der Waals surface area contributed by atoms with Crippen LogP contribution in [-0.2, 0) is 9.53 Å². The summed E-state index contributed by atoms with van der Waals surface area (Å²) < 4.78 is 5.28. The lowest BCUT2D eigenvalue weighted by Crippen LogP contribution is -2.48. The van der Waals surface area contributed by atoms with Gasteiger partial charge in [-0.1, -0.05) is 0 Å². The smallest absolute Gasteiger partial charge is 0.219 e. The molecule has 0 aromatic rings. The first-order valence-corrected chi connectivity index (χ1v) is 9.14. The molecule has 1 N–H and O–H groups in total. The first-order valence-electron chi connectivity index (χ1n) is 9.14. The van der Waals surface area contributed by atoms with Gasteiger partial charge < -0.3 is 19.9 Å². The second kappa shape index (κ2) is 11.9. The SMILES string of the molecule is CCNC(=NCCN1CCN(C(C)=O)CC1)N1CCC(COC)C1.I. The third-order valence-corrected chi connectivity index (χ3v) is 4.82. The lowest BCUT2D eigenvalue weighted by molar-refractivity contribution is -0.130. The summed E-state index contributed by atoms with van der Waals surface area (Å²) in [5, 5.41) is 3.41. The molecule has 2 rings (SSSR count). The Kier molecular flexibility index (Phi) is 10.7. The number of carbonyl (C=O) groups is 1. The Labute approximate surface area is 169 Å². The number of guanidine groups is 1. The van der Waals surface area contributed by atoms with Gasteiger partial charge in [0.25, 0.3) is 0 Å². The molecule has 0 spiro atoms. The quantitative estimate of drug-likeness (QED) is 0.354. The summed E-state index contributed by atoms with van der Waals surface area (Å²) in [6.45, 7) is 12.9. The maximum absolute atomic E-state index is 11.4. The molecule has 2 saturated heterocycles. The standard InChI is InChI=1S/C17H33N5O2.HI/c1-4-18-17(22-7-5-16(13-22)14-24-3)19-6-8-20-9-11-21(12-10-20)15(2)23;/h16H,4-14H2,1-3H3,(H,18,19);1H. The Hall–Kier alpha value is -0.610. The summed E-state index contributed by atoms with van der Waals surface area (Å²) in [5.41, 5.74) is 0. The summed E-state index contributed by atoms with van der Waals surface area (Å²) in [5.74, 6) is 1.82. The minimum atomic E-state index is 0. The van der Waals surface area contributed by atoms with E-state index in [0.717, 1.165) is 71.5 Å². The minimum absolute atomic E-state index is 0. The van der Waals surface area contributed by atoms with Crippen LogP contribution >= 0.6 is 24.0 Å². The Morgan fingerprint density at radius 2 is 1.92 bits per heavy atom. The highest BCUT2D eigenvalue weighted by Gasteiger charge is 2.24. The average Bonchev–Trinajstić information content (AvgIpc) is 3.03. The molecule has 0 aliphatic carbocycles. The third-order valence-electron chi connectivity index (χ3n) is 4.82. The highest BCUT2D eigenvalue weighted by Crippen LogP contribution is 2.16. The van der Waals surface area contributed by atoms with Crippen molar-refractivity contribution in [1.29, 1.82) is 0 Å². The van der Waals surface area contributed by atoms with Crippen molar-refractivity contribution >= 4 is 35.8 Å². The largest absolute Gasteiger partial charge is 0.384 e. The molecule has 0 bridgehead atoms.